The second-order valence-corrected chi connectivity index (χ2v) is 5.30. The monoisotopic (exact) mass is 328 g/mol. The molecule has 0 aliphatic rings. The summed E-state index contributed by atoms with van der Waals surface area (Å²) in [7, 11) is 0. The molecule has 2 rings (SSSR count). The third kappa shape index (κ3) is 4.67. The summed E-state index contributed by atoms with van der Waals surface area (Å²) in [5, 5.41) is 14.6. The van der Waals surface area contributed by atoms with Crippen LogP contribution in [0.5, 0.6) is 0 Å². The Kier molecular flexibility index (Phi) is 6.51. The van der Waals surface area contributed by atoms with Crippen LogP contribution in [0.25, 0.3) is 0 Å². The predicted molar refractivity (Wildman–Crippen MR) is 93.4 cm³/mol. The van der Waals surface area contributed by atoms with Gasteiger partial charge in [-0.25, -0.2) is 4.39 Å². The molecule has 0 saturated carbocycles. The fourth-order valence-electron chi connectivity index (χ4n) is 2.41. The van der Waals surface area contributed by atoms with Gasteiger partial charge in [-0.15, -0.1) is 6.58 Å². The van der Waals surface area contributed by atoms with Gasteiger partial charge in [0.2, 0.25) is 0 Å². The Hall–Kier alpha value is -2.66. The fourth-order valence-corrected chi connectivity index (χ4v) is 2.41. The minimum atomic E-state index is -0.284. The van der Waals surface area contributed by atoms with E-state index in [9.17, 15) is 9.18 Å². The van der Waals surface area contributed by atoms with Crippen LogP contribution in [0.3, 0.4) is 0 Å². The van der Waals surface area contributed by atoms with Gasteiger partial charge in [-0.1, -0.05) is 30.3 Å². The number of hydrogen-bond donors (Lipinski definition) is 3. The number of aliphatic hydroxyl groups excluding tert-OH is 1. The number of nitrogens with one attached hydrogen (secondary N) is 2. The van der Waals surface area contributed by atoms with Crippen LogP contribution in [-0.2, 0) is 0 Å². The van der Waals surface area contributed by atoms with Crippen molar-refractivity contribution in [3.8, 4) is 0 Å². The first kappa shape index (κ1) is 17.7. The molecular weight excluding hydrogens is 307 g/mol. The number of hydrogen-bond acceptors (Lipinski definition) is 3. The van der Waals surface area contributed by atoms with Crippen molar-refractivity contribution in [1.29, 1.82) is 0 Å². The fraction of sp³-hybridized carbons (Fsp3) is 0.211. The molecule has 1 amide bonds. The van der Waals surface area contributed by atoms with Crippen molar-refractivity contribution in [3.63, 3.8) is 0 Å². The summed E-state index contributed by atoms with van der Waals surface area (Å²) in [6.45, 7) is 3.81. The van der Waals surface area contributed by atoms with Crippen molar-refractivity contribution >= 4 is 11.6 Å². The first-order chi connectivity index (χ1) is 11.7. The van der Waals surface area contributed by atoms with Crippen LogP contribution in [0.4, 0.5) is 10.1 Å². The summed E-state index contributed by atoms with van der Waals surface area (Å²) in [5.41, 5.74) is 1.73. The number of carbonyl (C=O) groups is 1. The molecule has 0 aliphatic carbocycles. The Morgan fingerprint density at radius 1 is 1.25 bits per heavy atom. The minimum Gasteiger partial charge on any atom is -0.395 e. The van der Waals surface area contributed by atoms with Crippen LogP contribution in [0.2, 0.25) is 0 Å². The lowest BCUT2D eigenvalue weighted by Gasteiger charge is -2.20. The second kappa shape index (κ2) is 8.84. The van der Waals surface area contributed by atoms with Gasteiger partial charge in [0.1, 0.15) is 5.82 Å². The van der Waals surface area contributed by atoms with Crippen molar-refractivity contribution < 1.29 is 14.3 Å². The molecule has 2 aromatic carbocycles. The summed E-state index contributed by atoms with van der Waals surface area (Å²) >= 11 is 0. The number of aliphatic hydroxyl groups is 1. The summed E-state index contributed by atoms with van der Waals surface area (Å²) in [6, 6.07) is 13.3. The standard InChI is InChI=1S/C19H21FN2O2/c1-2-6-18(16-9-3-4-10-17(16)20)22-15-8-5-7-14(13-15)19(24)21-11-12-23/h2-5,7-10,13,18,22-23H,1,6,11-12H2,(H,21,24). The van der Waals surface area contributed by atoms with Gasteiger partial charge in [-0.3, -0.25) is 4.79 Å². The Balaban J connectivity index is 2.19. The molecule has 0 spiro atoms. The van der Waals surface area contributed by atoms with E-state index in [1.807, 2.05) is 6.07 Å². The molecule has 24 heavy (non-hydrogen) atoms. The molecule has 0 bridgehead atoms. The molecule has 4 nitrogen and oxygen atoms in total. The Morgan fingerprint density at radius 3 is 2.75 bits per heavy atom. The molecule has 1 atom stereocenters. The topological polar surface area (TPSA) is 61.4 Å². The first-order valence-electron chi connectivity index (χ1n) is 7.76. The third-order valence-corrected chi connectivity index (χ3v) is 3.55. The quantitative estimate of drug-likeness (QED) is 0.652. The van der Waals surface area contributed by atoms with Crippen LogP contribution >= 0.6 is 0 Å². The van der Waals surface area contributed by atoms with E-state index in [4.69, 9.17) is 5.11 Å². The van der Waals surface area contributed by atoms with Gasteiger partial charge in [0.05, 0.1) is 12.6 Å². The van der Waals surface area contributed by atoms with Crippen LogP contribution in [-0.4, -0.2) is 24.2 Å². The molecule has 5 heteroatoms. The Morgan fingerprint density at radius 2 is 2.04 bits per heavy atom. The molecule has 0 fully saturated rings. The second-order valence-electron chi connectivity index (χ2n) is 5.30. The van der Waals surface area contributed by atoms with Crippen LogP contribution < -0.4 is 10.6 Å². The van der Waals surface area contributed by atoms with Crippen molar-refractivity contribution in [3.05, 3.63) is 78.1 Å². The Bertz CT molecular complexity index is 703. The molecular formula is C19H21FN2O2. The van der Waals surface area contributed by atoms with Crippen LogP contribution in [0, 0.1) is 5.82 Å². The summed E-state index contributed by atoms with van der Waals surface area (Å²) in [4.78, 5) is 12.0. The number of anilines is 1. The van der Waals surface area contributed by atoms with Crippen molar-refractivity contribution in [2.24, 2.45) is 0 Å². The SMILES string of the molecule is C=CCC(Nc1cccc(C(=O)NCCO)c1)c1ccccc1F. The lowest BCUT2D eigenvalue weighted by Crippen LogP contribution is -2.26. The zero-order chi connectivity index (χ0) is 17.4. The highest BCUT2D eigenvalue weighted by Crippen LogP contribution is 2.25. The highest BCUT2D eigenvalue weighted by molar-refractivity contribution is 5.95. The number of amides is 1. The maximum atomic E-state index is 14.1. The summed E-state index contributed by atoms with van der Waals surface area (Å²) < 4.78 is 14.1. The van der Waals surface area contributed by atoms with Gasteiger partial charge in [0.25, 0.3) is 5.91 Å². The molecule has 126 valence electrons. The van der Waals surface area contributed by atoms with E-state index in [-0.39, 0.29) is 30.9 Å². The Labute approximate surface area is 141 Å². The summed E-state index contributed by atoms with van der Waals surface area (Å²) in [5.74, 6) is -0.549. The number of halogens is 1. The third-order valence-electron chi connectivity index (χ3n) is 3.55. The van der Waals surface area contributed by atoms with Crippen LogP contribution in [0.1, 0.15) is 28.4 Å². The normalized spacial score (nSPS) is 11.6. The van der Waals surface area contributed by atoms with E-state index >= 15 is 0 Å². The first-order valence-corrected chi connectivity index (χ1v) is 7.76. The van der Waals surface area contributed by atoms with Crippen molar-refractivity contribution in [2.45, 2.75) is 12.5 Å². The molecule has 3 N–H and O–H groups in total. The van der Waals surface area contributed by atoms with E-state index in [1.165, 1.54) is 6.07 Å². The molecule has 0 aliphatic heterocycles. The van der Waals surface area contributed by atoms with Crippen LogP contribution in [0.15, 0.2) is 61.2 Å². The lowest BCUT2D eigenvalue weighted by molar-refractivity contribution is 0.0945. The van der Waals surface area contributed by atoms with Gasteiger partial charge < -0.3 is 15.7 Å². The average molecular weight is 328 g/mol. The summed E-state index contributed by atoms with van der Waals surface area (Å²) in [6.07, 6.45) is 2.27. The molecule has 0 saturated heterocycles. The smallest absolute Gasteiger partial charge is 0.251 e. The van der Waals surface area contributed by atoms with Gasteiger partial charge in [0.15, 0.2) is 0 Å². The molecule has 1 unspecified atom stereocenters. The maximum Gasteiger partial charge on any atom is 0.251 e. The molecule has 0 radical (unpaired) electrons. The van der Waals surface area contributed by atoms with E-state index in [0.717, 1.165) is 0 Å². The number of rotatable bonds is 8. The highest BCUT2D eigenvalue weighted by atomic mass is 19.1. The van der Waals surface area contributed by atoms with Crippen molar-refractivity contribution in [1.82, 2.24) is 5.32 Å². The predicted octanol–water partition coefficient (Wildman–Crippen LogP) is 3.28. The van der Waals surface area contributed by atoms with E-state index in [0.29, 0.717) is 23.2 Å². The molecule has 0 aromatic heterocycles. The van der Waals surface area contributed by atoms with E-state index in [1.54, 1.807) is 42.5 Å². The molecule has 2 aromatic rings. The lowest BCUT2D eigenvalue weighted by atomic mass is 10.0. The molecule has 0 heterocycles. The number of carbonyl (C=O) groups excluding carboxylic acids is 1. The zero-order valence-corrected chi connectivity index (χ0v) is 13.3. The minimum absolute atomic E-state index is 0.113. The average Bonchev–Trinajstić information content (AvgIpc) is 2.60. The van der Waals surface area contributed by atoms with E-state index in [2.05, 4.69) is 17.2 Å². The largest absolute Gasteiger partial charge is 0.395 e. The van der Waals surface area contributed by atoms with Crippen molar-refractivity contribution in [2.75, 3.05) is 18.5 Å². The van der Waals surface area contributed by atoms with Gasteiger partial charge in [-0.2, -0.15) is 0 Å². The zero-order valence-electron chi connectivity index (χ0n) is 13.3. The van der Waals surface area contributed by atoms with Gasteiger partial charge >= 0.3 is 0 Å². The van der Waals surface area contributed by atoms with Gasteiger partial charge in [-0.05, 0) is 30.7 Å². The van der Waals surface area contributed by atoms with E-state index < -0.39 is 0 Å². The highest BCUT2D eigenvalue weighted by Gasteiger charge is 2.14. The van der Waals surface area contributed by atoms with Gasteiger partial charge in [0, 0.05) is 23.4 Å². The maximum absolute atomic E-state index is 14.1. The number of benzene rings is 2.